The van der Waals surface area contributed by atoms with E-state index in [0.717, 1.165) is 12.8 Å². The minimum absolute atomic E-state index is 0.131. The molecule has 106 valence electrons. The molecule has 1 saturated carbocycles. The zero-order valence-corrected chi connectivity index (χ0v) is 13.1. The Labute approximate surface area is 127 Å². The largest absolute Gasteiger partial charge is 0.271 e. The summed E-state index contributed by atoms with van der Waals surface area (Å²) >= 11 is 9.20. The van der Waals surface area contributed by atoms with Crippen LogP contribution in [0.2, 0.25) is 5.02 Å². The number of halogens is 3. The summed E-state index contributed by atoms with van der Waals surface area (Å²) in [6, 6.07) is 3.38. The number of benzene rings is 1. The van der Waals surface area contributed by atoms with Crippen LogP contribution in [0.1, 0.15) is 50.1 Å². The quantitative estimate of drug-likeness (QED) is 0.359. The zero-order valence-electron chi connectivity index (χ0n) is 10.8. The molecule has 1 aliphatic carbocycles. The third kappa shape index (κ3) is 3.48. The van der Waals surface area contributed by atoms with Gasteiger partial charge < -0.3 is 0 Å². The van der Waals surface area contributed by atoms with Gasteiger partial charge in [0.1, 0.15) is 5.82 Å². The molecule has 0 bridgehead atoms. The molecule has 1 aromatic carbocycles. The first-order valence-electron chi connectivity index (χ1n) is 6.74. The van der Waals surface area contributed by atoms with Crippen molar-refractivity contribution in [1.29, 1.82) is 0 Å². The Bertz CT molecular complexity index is 434. The van der Waals surface area contributed by atoms with Crippen molar-refractivity contribution in [3.05, 3.63) is 33.0 Å². The maximum atomic E-state index is 14.3. The maximum Gasteiger partial charge on any atom is 0.147 e. The number of rotatable bonds is 3. The molecular weight excluding hydrogens is 331 g/mol. The van der Waals surface area contributed by atoms with Gasteiger partial charge in [-0.25, -0.2) is 4.39 Å². The summed E-state index contributed by atoms with van der Waals surface area (Å²) in [7, 11) is 0. The van der Waals surface area contributed by atoms with E-state index in [2.05, 4.69) is 21.4 Å². The van der Waals surface area contributed by atoms with Gasteiger partial charge in [-0.3, -0.25) is 11.3 Å². The molecule has 19 heavy (non-hydrogen) atoms. The van der Waals surface area contributed by atoms with E-state index in [4.69, 9.17) is 17.4 Å². The van der Waals surface area contributed by atoms with Crippen molar-refractivity contribution in [2.75, 3.05) is 0 Å². The van der Waals surface area contributed by atoms with Crippen molar-refractivity contribution >= 4 is 27.5 Å². The Morgan fingerprint density at radius 1 is 1.26 bits per heavy atom. The standard InChI is InChI=1S/C14H19BrClFN2/c15-11-8-7-10(13(17)12(11)16)14(19-18)9-5-3-1-2-4-6-9/h7-9,14,19H,1-6,18H2. The van der Waals surface area contributed by atoms with E-state index in [1.165, 1.54) is 25.7 Å². The van der Waals surface area contributed by atoms with Crippen LogP contribution in [0, 0.1) is 11.7 Å². The summed E-state index contributed by atoms with van der Waals surface area (Å²) in [6.45, 7) is 0. The van der Waals surface area contributed by atoms with Gasteiger partial charge in [0.2, 0.25) is 0 Å². The van der Waals surface area contributed by atoms with Crippen LogP contribution >= 0.6 is 27.5 Å². The first-order valence-corrected chi connectivity index (χ1v) is 7.91. The molecule has 5 heteroatoms. The molecule has 0 spiro atoms. The zero-order chi connectivity index (χ0) is 13.8. The summed E-state index contributed by atoms with van der Waals surface area (Å²) in [4.78, 5) is 0. The van der Waals surface area contributed by atoms with Gasteiger partial charge in [-0.2, -0.15) is 0 Å². The molecule has 0 aromatic heterocycles. The summed E-state index contributed by atoms with van der Waals surface area (Å²) < 4.78 is 14.9. The number of nitrogens with two attached hydrogens (primary N) is 1. The topological polar surface area (TPSA) is 38.0 Å². The van der Waals surface area contributed by atoms with Crippen molar-refractivity contribution in [2.45, 2.75) is 44.6 Å². The fourth-order valence-corrected chi connectivity index (χ4v) is 3.38. The highest BCUT2D eigenvalue weighted by Gasteiger charge is 2.26. The van der Waals surface area contributed by atoms with Crippen molar-refractivity contribution in [3.63, 3.8) is 0 Å². The molecule has 1 aliphatic rings. The van der Waals surface area contributed by atoms with Gasteiger partial charge in [0.15, 0.2) is 0 Å². The van der Waals surface area contributed by atoms with Crippen LogP contribution in [0.15, 0.2) is 16.6 Å². The smallest absolute Gasteiger partial charge is 0.147 e. The van der Waals surface area contributed by atoms with Crippen LogP contribution < -0.4 is 11.3 Å². The van der Waals surface area contributed by atoms with Gasteiger partial charge in [-0.05, 0) is 40.8 Å². The van der Waals surface area contributed by atoms with E-state index >= 15 is 0 Å². The fourth-order valence-electron chi connectivity index (χ4n) is 2.91. The molecule has 0 radical (unpaired) electrons. The van der Waals surface area contributed by atoms with Crippen molar-refractivity contribution in [1.82, 2.24) is 5.43 Å². The highest BCUT2D eigenvalue weighted by Crippen LogP contribution is 2.37. The van der Waals surface area contributed by atoms with Crippen LogP contribution in [0.5, 0.6) is 0 Å². The van der Waals surface area contributed by atoms with Gasteiger partial charge in [-0.15, -0.1) is 0 Å². The highest BCUT2D eigenvalue weighted by molar-refractivity contribution is 9.10. The molecular formula is C14H19BrClFN2. The summed E-state index contributed by atoms with van der Waals surface area (Å²) in [5.41, 5.74) is 3.36. The van der Waals surface area contributed by atoms with Gasteiger partial charge in [0.25, 0.3) is 0 Å². The van der Waals surface area contributed by atoms with Crippen molar-refractivity contribution < 1.29 is 4.39 Å². The highest BCUT2D eigenvalue weighted by atomic mass is 79.9. The van der Waals surface area contributed by atoms with Crippen molar-refractivity contribution in [2.24, 2.45) is 11.8 Å². The molecule has 1 unspecified atom stereocenters. The molecule has 0 amide bonds. The van der Waals surface area contributed by atoms with E-state index in [-0.39, 0.29) is 16.9 Å². The van der Waals surface area contributed by atoms with E-state index in [0.29, 0.717) is 16.0 Å². The van der Waals surface area contributed by atoms with Gasteiger partial charge in [-0.1, -0.05) is 43.4 Å². The lowest BCUT2D eigenvalue weighted by atomic mass is 9.87. The Morgan fingerprint density at radius 2 is 1.89 bits per heavy atom. The number of hydrogen-bond acceptors (Lipinski definition) is 2. The predicted octanol–water partition coefficient (Wildman–Crippen LogP) is 4.72. The van der Waals surface area contributed by atoms with Gasteiger partial charge in [0.05, 0.1) is 11.1 Å². The second-order valence-electron chi connectivity index (χ2n) is 5.16. The molecule has 0 saturated heterocycles. The number of nitrogens with one attached hydrogen (secondary N) is 1. The minimum Gasteiger partial charge on any atom is -0.271 e. The average molecular weight is 350 g/mol. The molecule has 1 atom stereocenters. The Hall–Kier alpha value is -0.160. The summed E-state index contributed by atoms with van der Waals surface area (Å²) in [5.74, 6) is 5.67. The van der Waals surface area contributed by atoms with E-state index in [1.807, 2.05) is 0 Å². The second-order valence-corrected chi connectivity index (χ2v) is 6.39. The van der Waals surface area contributed by atoms with Crippen LogP contribution in [-0.4, -0.2) is 0 Å². The molecule has 0 aliphatic heterocycles. The molecule has 3 N–H and O–H groups in total. The minimum atomic E-state index is -0.372. The normalized spacial score (nSPS) is 19.2. The lowest BCUT2D eigenvalue weighted by molar-refractivity contribution is 0.321. The maximum absolute atomic E-state index is 14.3. The van der Waals surface area contributed by atoms with Crippen LogP contribution in [-0.2, 0) is 0 Å². The third-order valence-corrected chi connectivity index (χ3v) is 5.21. The molecule has 1 fully saturated rings. The van der Waals surface area contributed by atoms with Crippen LogP contribution in [0.4, 0.5) is 4.39 Å². The summed E-state index contributed by atoms with van der Waals surface area (Å²) in [6.07, 6.45) is 7.07. The Balaban J connectivity index is 2.28. The number of hydrazine groups is 1. The fraction of sp³-hybridized carbons (Fsp3) is 0.571. The first kappa shape index (κ1) is 15.2. The number of hydrogen-bond donors (Lipinski definition) is 2. The predicted molar refractivity (Wildman–Crippen MR) is 80.4 cm³/mol. The average Bonchev–Trinajstić information content (AvgIpc) is 2.69. The molecule has 2 rings (SSSR count). The lowest BCUT2D eigenvalue weighted by Crippen LogP contribution is -2.34. The second kappa shape index (κ2) is 7.02. The Morgan fingerprint density at radius 3 is 2.47 bits per heavy atom. The third-order valence-electron chi connectivity index (χ3n) is 3.95. The molecule has 2 nitrogen and oxygen atoms in total. The van der Waals surface area contributed by atoms with Crippen LogP contribution in [0.3, 0.4) is 0 Å². The van der Waals surface area contributed by atoms with Crippen LogP contribution in [0.25, 0.3) is 0 Å². The monoisotopic (exact) mass is 348 g/mol. The lowest BCUT2D eigenvalue weighted by Gasteiger charge is -2.26. The first-order chi connectivity index (χ1) is 9.15. The van der Waals surface area contributed by atoms with E-state index in [1.54, 1.807) is 12.1 Å². The van der Waals surface area contributed by atoms with Gasteiger partial charge in [0, 0.05) is 10.0 Å². The van der Waals surface area contributed by atoms with E-state index in [9.17, 15) is 4.39 Å². The SMILES string of the molecule is NNC(c1ccc(Br)c(Cl)c1F)C1CCCCCC1. The van der Waals surface area contributed by atoms with Gasteiger partial charge >= 0.3 is 0 Å². The van der Waals surface area contributed by atoms with Crippen molar-refractivity contribution in [3.8, 4) is 0 Å². The molecule has 0 heterocycles. The Kier molecular flexibility index (Phi) is 5.63. The molecule has 1 aromatic rings. The van der Waals surface area contributed by atoms with E-state index < -0.39 is 0 Å². The summed E-state index contributed by atoms with van der Waals surface area (Å²) in [5, 5.41) is 0.131.